The van der Waals surface area contributed by atoms with Crippen LogP contribution < -0.4 is 5.32 Å². The van der Waals surface area contributed by atoms with Crippen LogP contribution in [0, 0.1) is 0 Å². The number of nitrogens with one attached hydrogen (secondary N) is 1. The highest BCUT2D eigenvalue weighted by molar-refractivity contribution is 6.03. The van der Waals surface area contributed by atoms with Gasteiger partial charge in [0.2, 0.25) is 0 Å². The second-order valence-electron chi connectivity index (χ2n) is 3.47. The van der Waals surface area contributed by atoms with Gasteiger partial charge in [-0.15, -0.1) is 0 Å². The largest absolute Gasteiger partial charge is 0.461 e. The summed E-state index contributed by atoms with van der Waals surface area (Å²) in [4.78, 5) is 27.2. The number of nitrogens with zero attached hydrogens (tertiary/aromatic N) is 2. The lowest BCUT2D eigenvalue weighted by atomic mass is 10.3. The second-order valence-corrected chi connectivity index (χ2v) is 3.47. The van der Waals surface area contributed by atoms with Gasteiger partial charge >= 0.3 is 5.97 Å². The van der Waals surface area contributed by atoms with Gasteiger partial charge in [-0.1, -0.05) is 0 Å². The van der Waals surface area contributed by atoms with Gasteiger partial charge in [-0.25, -0.2) is 9.78 Å². The van der Waals surface area contributed by atoms with Crippen molar-refractivity contribution in [1.82, 2.24) is 14.9 Å². The first-order valence-corrected chi connectivity index (χ1v) is 5.24. The molecule has 0 atom stereocenters. The van der Waals surface area contributed by atoms with Crippen LogP contribution in [0.2, 0.25) is 0 Å². The molecule has 1 aliphatic heterocycles. The fourth-order valence-electron chi connectivity index (χ4n) is 1.67. The molecule has 0 aromatic carbocycles. The van der Waals surface area contributed by atoms with E-state index >= 15 is 0 Å². The highest BCUT2D eigenvalue weighted by Gasteiger charge is 2.25. The Bertz CT molecular complexity index is 425. The quantitative estimate of drug-likeness (QED) is 0.726. The molecule has 2 heterocycles. The zero-order valence-electron chi connectivity index (χ0n) is 9.02. The Labute approximate surface area is 92.6 Å². The molecule has 2 rings (SSSR count). The molecule has 86 valence electrons. The first-order valence-electron chi connectivity index (χ1n) is 5.24. The zero-order chi connectivity index (χ0) is 11.5. The van der Waals surface area contributed by atoms with E-state index < -0.39 is 5.97 Å². The van der Waals surface area contributed by atoms with Crippen LogP contribution in [-0.2, 0) is 11.3 Å². The molecule has 0 fully saturated rings. The summed E-state index contributed by atoms with van der Waals surface area (Å²) in [6, 6.07) is 0. The van der Waals surface area contributed by atoms with E-state index in [9.17, 15) is 9.59 Å². The number of esters is 1. The molecule has 0 saturated carbocycles. The molecule has 0 saturated heterocycles. The molecule has 0 radical (unpaired) electrons. The number of ether oxygens (including phenoxy) is 1. The molecule has 6 heteroatoms. The molecule has 0 bridgehead atoms. The third-order valence-electron chi connectivity index (χ3n) is 2.38. The minimum atomic E-state index is -0.548. The normalized spacial score (nSPS) is 14.9. The van der Waals surface area contributed by atoms with Crippen molar-refractivity contribution >= 4 is 11.9 Å². The Balaban J connectivity index is 2.37. The van der Waals surface area contributed by atoms with Crippen LogP contribution in [0.25, 0.3) is 0 Å². The second kappa shape index (κ2) is 4.34. The van der Waals surface area contributed by atoms with Crippen LogP contribution in [0.3, 0.4) is 0 Å². The van der Waals surface area contributed by atoms with Gasteiger partial charge in [-0.2, -0.15) is 0 Å². The maximum atomic E-state index is 11.7. The van der Waals surface area contributed by atoms with Gasteiger partial charge in [0.25, 0.3) is 5.91 Å². The molecule has 0 spiro atoms. The smallest absolute Gasteiger partial charge is 0.359 e. The molecular formula is C10H13N3O3. The van der Waals surface area contributed by atoms with Gasteiger partial charge < -0.3 is 14.6 Å². The minimum absolute atomic E-state index is 0.0984. The molecule has 16 heavy (non-hydrogen) atoms. The van der Waals surface area contributed by atoms with Crippen LogP contribution in [0.4, 0.5) is 0 Å². The predicted molar refractivity (Wildman–Crippen MR) is 55.1 cm³/mol. The fourth-order valence-corrected chi connectivity index (χ4v) is 1.67. The van der Waals surface area contributed by atoms with Crippen LogP contribution in [0.15, 0.2) is 6.33 Å². The number of carbonyl (C=O) groups is 2. The van der Waals surface area contributed by atoms with Crippen LogP contribution >= 0.6 is 0 Å². The summed E-state index contributed by atoms with van der Waals surface area (Å²) >= 11 is 0. The summed E-state index contributed by atoms with van der Waals surface area (Å²) in [5.74, 6) is -0.814. The number of imidazole rings is 1. The molecule has 0 aliphatic carbocycles. The molecule has 1 aromatic rings. The van der Waals surface area contributed by atoms with E-state index in [4.69, 9.17) is 4.74 Å². The van der Waals surface area contributed by atoms with Crippen LogP contribution in [0.1, 0.15) is 34.3 Å². The SMILES string of the molecule is CCOC(=O)c1ncn2c1C(=O)NCCC2. The van der Waals surface area contributed by atoms with Gasteiger partial charge in [0.1, 0.15) is 5.69 Å². The van der Waals surface area contributed by atoms with Gasteiger partial charge in [0, 0.05) is 13.1 Å². The van der Waals surface area contributed by atoms with Crippen molar-refractivity contribution in [3.8, 4) is 0 Å². The van der Waals surface area contributed by atoms with Gasteiger partial charge in [-0.05, 0) is 13.3 Å². The topological polar surface area (TPSA) is 73.2 Å². The summed E-state index contributed by atoms with van der Waals surface area (Å²) in [5, 5.41) is 2.72. The number of aryl methyl sites for hydroxylation is 1. The Morgan fingerprint density at radius 1 is 1.69 bits per heavy atom. The van der Waals surface area contributed by atoms with E-state index in [1.54, 1.807) is 11.5 Å². The Morgan fingerprint density at radius 2 is 2.50 bits per heavy atom. The van der Waals surface area contributed by atoms with Gasteiger partial charge in [0.05, 0.1) is 12.9 Å². The number of aromatic nitrogens is 2. The first kappa shape index (κ1) is 10.7. The van der Waals surface area contributed by atoms with E-state index in [0.717, 1.165) is 6.42 Å². The van der Waals surface area contributed by atoms with E-state index in [1.165, 1.54) is 6.33 Å². The minimum Gasteiger partial charge on any atom is -0.461 e. The van der Waals surface area contributed by atoms with E-state index in [0.29, 0.717) is 18.8 Å². The average molecular weight is 223 g/mol. The summed E-state index contributed by atoms with van der Waals surface area (Å²) < 4.78 is 6.54. The van der Waals surface area contributed by atoms with Crippen LogP contribution in [0.5, 0.6) is 0 Å². The monoisotopic (exact) mass is 223 g/mol. The molecule has 1 N–H and O–H groups in total. The number of rotatable bonds is 2. The number of carbonyl (C=O) groups excluding carboxylic acids is 2. The van der Waals surface area contributed by atoms with Crippen molar-refractivity contribution in [1.29, 1.82) is 0 Å². The molecular weight excluding hydrogens is 210 g/mol. The lowest BCUT2D eigenvalue weighted by Gasteiger charge is -2.03. The Morgan fingerprint density at radius 3 is 3.25 bits per heavy atom. The highest BCUT2D eigenvalue weighted by atomic mass is 16.5. The van der Waals surface area contributed by atoms with E-state index in [1.807, 2.05) is 0 Å². The third kappa shape index (κ3) is 1.78. The van der Waals surface area contributed by atoms with E-state index in [2.05, 4.69) is 10.3 Å². The maximum absolute atomic E-state index is 11.7. The molecule has 0 unspecified atom stereocenters. The molecule has 1 amide bonds. The van der Waals surface area contributed by atoms with Crippen molar-refractivity contribution in [2.45, 2.75) is 19.9 Å². The molecule has 6 nitrogen and oxygen atoms in total. The number of amides is 1. The van der Waals surface area contributed by atoms with E-state index in [-0.39, 0.29) is 18.2 Å². The number of hydrogen-bond acceptors (Lipinski definition) is 4. The summed E-state index contributed by atoms with van der Waals surface area (Å²) in [6.07, 6.45) is 2.34. The average Bonchev–Trinajstić information content (AvgIpc) is 2.60. The van der Waals surface area contributed by atoms with Gasteiger partial charge in [-0.3, -0.25) is 4.79 Å². The standard InChI is InChI=1S/C10H13N3O3/c1-2-16-10(15)7-8-9(14)11-4-3-5-13(8)6-12-7/h6H,2-5H2,1H3,(H,11,14). The lowest BCUT2D eigenvalue weighted by molar-refractivity contribution is 0.0516. The number of hydrogen-bond donors (Lipinski definition) is 1. The lowest BCUT2D eigenvalue weighted by Crippen LogP contribution is -2.25. The summed E-state index contributed by atoms with van der Waals surface area (Å²) in [5.41, 5.74) is 0.400. The number of fused-ring (bicyclic) bond motifs is 1. The van der Waals surface area contributed by atoms with Crippen molar-refractivity contribution < 1.29 is 14.3 Å². The zero-order valence-corrected chi connectivity index (χ0v) is 9.02. The fraction of sp³-hybridized carbons (Fsp3) is 0.500. The molecule has 1 aliphatic rings. The van der Waals surface area contributed by atoms with Crippen LogP contribution in [-0.4, -0.2) is 34.6 Å². The highest BCUT2D eigenvalue weighted by Crippen LogP contribution is 2.12. The van der Waals surface area contributed by atoms with Crippen molar-refractivity contribution in [3.63, 3.8) is 0 Å². The molecule has 1 aromatic heterocycles. The first-order chi connectivity index (χ1) is 7.74. The van der Waals surface area contributed by atoms with Crippen molar-refractivity contribution in [2.24, 2.45) is 0 Å². The summed E-state index contributed by atoms with van der Waals surface area (Å²) in [7, 11) is 0. The Hall–Kier alpha value is -1.85. The van der Waals surface area contributed by atoms with Crippen molar-refractivity contribution in [3.05, 3.63) is 17.7 Å². The van der Waals surface area contributed by atoms with Gasteiger partial charge in [0.15, 0.2) is 5.69 Å². The predicted octanol–water partition coefficient (Wildman–Crippen LogP) is 0.193. The Kier molecular flexibility index (Phi) is 2.89. The van der Waals surface area contributed by atoms with Crippen molar-refractivity contribution in [2.75, 3.05) is 13.2 Å². The third-order valence-corrected chi connectivity index (χ3v) is 2.38. The summed E-state index contributed by atoms with van der Waals surface area (Å²) in [6.45, 7) is 3.28. The maximum Gasteiger partial charge on any atom is 0.359 e.